The molecule has 0 saturated carbocycles. The average Bonchev–Trinajstić information content (AvgIpc) is 3.49. The highest BCUT2D eigenvalue weighted by Gasteiger charge is 2.58. The Balaban J connectivity index is 1.58. The molecule has 0 spiro atoms. The summed E-state index contributed by atoms with van der Waals surface area (Å²) in [6, 6.07) is 10.1. The monoisotopic (exact) mass is 573 g/mol. The van der Waals surface area contributed by atoms with Crippen LogP contribution in [0.5, 0.6) is 5.75 Å². The number of aromatic amines is 1. The molecular formula is C29H24F5N3O4. The number of pyridine rings is 1. The van der Waals surface area contributed by atoms with Crippen molar-refractivity contribution < 1.29 is 41.4 Å². The smallest absolute Gasteiger partial charge is 0.422 e. The number of aromatic nitrogens is 2. The molecule has 0 radical (unpaired) electrons. The minimum atomic E-state index is -5.38. The van der Waals surface area contributed by atoms with Crippen LogP contribution in [0.15, 0.2) is 48.5 Å². The summed E-state index contributed by atoms with van der Waals surface area (Å²) in [5.74, 6) is -3.26. The van der Waals surface area contributed by atoms with Crippen LogP contribution in [0.25, 0.3) is 22.2 Å². The summed E-state index contributed by atoms with van der Waals surface area (Å²) in [6.45, 7) is 2.76. The third-order valence-corrected chi connectivity index (χ3v) is 7.32. The molecule has 2 atom stereocenters. The summed E-state index contributed by atoms with van der Waals surface area (Å²) in [6.07, 6.45) is -7.32. The van der Waals surface area contributed by atoms with E-state index in [4.69, 9.17) is 10.5 Å². The molecule has 4 N–H and O–H groups in total. The zero-order valence-corrected chi connectivity index (χ0v) is 21.8. The van der Waals surface area contributed by atoms with Crippen molar-refractivity contribution in [2.75, 3.05) is 6.61 Å². The fraction of sp³-hybridized carbons (Fsp3) is 0.276. The van der Waals surface area contributed by atoms with Crippen LogP contribution in [0.1, 0.15) is 45.7 Å². The van der Waals surface area contributed by atoms with E-state index in [9.17, 15) is 32.3 Å². The van der Waals surface area contributed by atoms with Gasteiger partial charge in [0, 0.05) is 28.5 Å². The zero-order chi connectivity index (χ0) is 29.9. The number of primary amides is 1. The van der Waals surface area contributed by atoms with Crippen molar-refractivity contribution in [3.8, 4) is 17.0 Å². The first kappa shape index (κ1) is 28.2. The van der Waals surface area contributed by atoms with Gasteiger partial charge in [0.15, 0.2) is 11.5 Å². The van der Waals surface area contributed by atoms with E-state index in [1.807, 2.05) is 19.9 Å². The molecule has 0 saturated heterocycles. The number of carbonyl (C=O) groups is 2. The molecule has 1 aliphatic rings. The number of hydrogen-bond acceptors (Lipinski definition) is 5. The minimum Gasteiger partial charge on any atom is -0.487 e. The van der Waals surface area contributed by atoms with Crippen LogP contribution in [-0.4, -0.2) is 39.5 Å². The van der Waals surface area contributed by atoms with Crippen LogP contribution in [0.4, 0.5) is 22.0 Å². The van der Waals surface area contributed by atoms with Crippen molar-refractivity contribution >= 4 is 22.6 Å². The first-order chi connectivity index (χ1) is 19.1. The van der Waals surface area contributed by atoms with E-state index < -0.39 is 65.7 Å². The van der Waals surface area contributed by atoms with Crippen LogP contribution in [0.3, 0.4) is 0 Å². The normalized spacial score (nSPS) is 18.1. The molecule has 12 heteroatoms. The number of rotatable bonds is 7. The van der Waals surface area contributed by atoms with Gasteiger partial charge in [-0.05, 0) is 73.9 Å². The van der Waals surface area contributed by atoms with Crippen LogP contribution >= 0.6 is 0 Å². The molecule has 0 bridgehead atoms. The van der Waals surface area contributed by atoms with E-state index in [1.54, 1.807) is 6.07 Å². The number of carbonyl (C=O) groups excluding carboxylic acids is 2. The number of fused-ring (bicyclic) bond motifs is 2. The number of ketones is 1. The average molecular weight is 574 g/mol. The van der Waals surface area contributed by atoms with E-state index in [0.717, 1.165) is 28.6 Å². The van der Waals surface area contributed by atoms with E-state index in [-0.39, 0.29) is 22.7 Å². The van der Waals surface area contributed by atoms with Gasteiger partial charge in [0.05, 0.1) is 11.4 Å². The maximum Gasteiger partial charge on any atom is 0.422 e. The number of amides is 1. The lowest BCUT2D eigenvalue weighted by Gasteiger charge is -2.31. The number of halogens is 5. The Morgan fingerprint density at radius 2 is 1.80 bits per heavy atom. The highest BCUT2D eigenvalue weighted by molar-refractivity contribution is 6.00. The quantitative estimate of drug-likeness (QED) is 0.201. The lowest BCUT2D eigenvalue weighted by molar-refractivity contribution is -0.270. The summed E-state index contributed by atoms with van der Waals surface area (Å²) in [5.41, 5.74) is -1.15. The maximum absolute atomic E-state index is 15.6. The molecule has 7 nitrogen and oxygen atoms in total. The number of alkyl halides is 4. The van der Waals surface area contributed by atoms with Crippen LogP contribution in [-0.2, 0) is 16.1 Å². The number of Topliss-reactive ketones (excluding diaryl/α,β-unsaturated/α-hetero) is 1. The Morgan fingerprint density at radius 1 is 1.12 bits per heavy atom. The number of nitrogens with two attached hydrogens (primary N) is 1. The van der Waals surface area contributed by atoms with Gasteiger partial charge in [-0.15, -0.1) is 0 Å². The second-order valence-corrected chi connectivity index (χ2v) is 10.2. The topological polar surface area (TPSA) is 118 Å². The second-order valence-electron chi connectivity index (χ2n) is 10.2. The summed E-state index contributed by atoms with van der Waals surface area (Å²) >= 11 is 0. The highest BCUT2D eigenvalue weighted by atomic mass is 19.4. The fourth-order valence-electron chi connectivity index (χ4n) is 5.04. The molecule has 1 aliphatic heterocycles. The Kier molecular flexibility index (Phi) is 6.64. The van der Waals surface area contributed by atoms with E-state index in [1.165, 1.54) is 18.2 Å². The number of H-pyrrole nitrogens is 1. The third-order valence-electron chi connectivity index (χ3n) is 7.32. The Bertz CT molecular complexity index is 1700. The van der Waals surface area contributed by atoms with Gasteiger partial charge in [0.2, 0.25) is 5.60 Å². The SMILES string of the molecule is Cc1cc(C)c2cc(C(=O)CC[C@](O)(c3cc4c(c(-c5ccc(F)cc5)n3)OC[C@]4(F)C(N)=O)C(F)(F)F)[nH]c2c1. The standard InChI is InChI=1S/C29H24F5N3O4/c1-14-9-15(2)18-11-21(36-20(18)10-14)22(38)7-8-28(40,29(32,33)34)23-12-19-25(41-13-27(19,31)26(35)39)24(37-23)16-3-5-17(30)6-4-16/h3-6,9-12,36,40H,7-8,13H2,1-2H3,(H2,35,39)/t27-,28+/m1/s1. The Hall–Kier alpha value is -4.32. The summed E-state index contributed by atoms with van der Waals surface area (Å²) in [7, 11) is 0. The summed E-state index contributed by atoms with van der Waals surface area (Å²) in [4.78, 5) is 31.9. The van der Waals surface area contributed by atoms with Crippen LogP contribution in [0, 0.1) is 19.7 Å². The van der Waals surface area contributed by atoms with Gasteiger partial charge >= 0.3 is 6.18 Å². The van der Waals surface area contributed by atoms with Crippen LogP contribution < -0.4 is 10.5 Å². The van der Waals surface area contributed by atoms with Gasteiger partial charge < -0.3 is 20.6 Å². The Labute approximate surface area is 230 Å². The second kappa shape index (κ2) is 9.65. The number of nitrogens with zero attached hydrogens (tertiary/aromatic N) is 1. The first-order valence-corrected chi connectivity index (χ1v) is 12.5. The zero-order valence-electron chi connectivity index (χ0n) is 21.8. The number of benzene rings is 2. The van der Waals surface area contributed by atoms with Gasteiger partial charge in [-0.1, -0.05) is 6.07 Å². The molecule has 41 heavy (non-hydrogen) atoms. The van der Waals surface area contributed by atoms with Gasteiger partial charge in [0.1, 0.15) is 18.1 Å². The number of aryl methyl sites for hydroxylation is 2. The van der Waals surface area contributed by atoms with Gasteiger partial charge in [-0.3, -0.25) is 9.59 Å². The van der Waals surface area contributed by atoms with Crippen molar-refractivity contribution in [3.63, 3.8) is 0 Å². The van der Waals surface area contributed by atoms with Gasteiger partial charge in [-0.25, -0.2) is 13.8 Å². The van der Waals surface area contributed by atoms with Crippen molar-refractivity contribution in [3.05, 3.63) is 82.4 Å². The van der Waals surface area contributed by atoms with Gasteiger partial charge in [0.25, 0.3) is 11.6 Å². The van der Waals surface area contributed by atoms with Gasteiger partial charge in [-0.2, -0.15) is 13.2 Å². The number of nitrogens with one attached hydrogen (secondary N) is 1. The minimum absolute atomic E-state index is 0.0301. The number of hydrogen-bond donors (Lipinski definition) is 3. The van der Waals surface area contributed by atoms with Crippen molar-refractivity contribution in [2.24, 2.45) is 5.73 Å². The van der Waals surface area contributed by atoms with E-state index in [2.05, 4.69) is 9.97 Å². The molecule has 0 unspecified atom stereocenters. The molecule has 1 amide bonds. The predicted octanol–water partition coefficient (Wildman–Crippen LogP) is 5.44. The van der Waals surface area contributed by atoms with Crippen LogP contribution in [0.2, 0.25) is 0 Å². The third kappa shape index (κ3) is 4.71. The maximum atomic E-state index is 15.6. The molecule has 3 heterocycles. The lowest BCUT2D eigenvalue weighted by Crippen LogP contribution is -2.44. The van der Waals surface area contributed by atoms with E-state index >= 15 is 4.39 Å². The largest absolute Gasteiger partial charge is 0.487 e. The first-order valence-electron chi connectivity index (χ1n) is 12.5. The molecule has 0 fully saturated rings. The molecule has 5 rings (SSSR count). The van der Waals surface area contributed by atoms with Crippen molar-refractivity contribution in [1.29, 1.82) is 0 Å². The summed E-state index contributed by atoms with van der Waals surface area (Å²) < 4.78 is 78.1. The molecule has 214 valence electrons. The van der Waals surface area contributed by atoms with Crippen molar-refractivity contribution in [2.45, 2.75) is 44.1 Å². The van der Waals surface area contributed by atoms with Crippen molar-refractivity contribution in [1.82, 2.24) is 9.97 Å². The molecule has 2 aromatic heterocycles. The fourth-order valence-corrected chi connectivity index (χ4v) is 5.04. The molecule has 0 aliphatic carbocycles. The number of ether oxygens (including phenoxy) is 1. The molecule has 4 aromatic rings. The Morgan fingerprint density at radius 3 is 2.44 bits per heavy atom. The lowest BCUT2D eigenvalue weighted by atomic mass is 9.87. The highest BCUT2D eigenvalue weighted by Crippen LogP contribution is 2.49. The van der Waals surface area contributed by atoms with E-state index in [0.29, 0.717) is 11.6 Å². The molecule has 2 aromatic carbocycles. The predicted molar refractivity (Wildman–Crippen MR) is 138 cm³/mol. The molecular weight excluding hydrogens is 549 g/mol. The number of aliphatic hydroxyl groups is 1. The summed E-state index contributed by atoms with van der Waals surface area (Å²) in [5, 5.41) is 11.8.